The Bertz CT molecular complexity index is 888. The molecule has 6 heteroatoms. The van der Waals surface area contributed by atoms with Crippen molar-refractivity contribution < 1.29 is 13.6 Å². The molecular formula is C16H15F2NO2S. The van der Waals surface area contributed by atoms with Gasteiger partial charge in [0.05, 0.1) is 9.20 Å². The summed E-state index contributed by atoms with van der Waals surface area (Å²) in [6.45, 7) is 5.33. The molecule has 2 aromatic rings. The van der Waals surface area contributed by atoms with E-state index in [-0.39, 0.29) is 15.9 Å². The van der Waals surface area contributed by atoms with Crippen LogP contribution in [0.1, 0.15) is 26.3 Å². The van der Waals surface area contributed by atoms with Crippen molar-refractivity contribution in [3.05, 3.63) is 54.9 Å². The fraction of sp³-hybridized carbons (Fsp3) is 0.250. The van der Waals surface area contributed by atoms with Crippen molar-refractivity contribution >= 4 is 29.3 Å². The average Bonchev–Trinajstić information content (AvgIpc) is 2.72. The molecule has 1 aromatic heterocycles. The van der Waals surface area contributed by atoms with Crippen LogP contribution in [0, 0.1) is 17.0 Å². The van der Waals surface area contributed by atoms with E-state index < -0.39 is 22.6 Å². The Balaban J connectivity index is 2.51. The second kappa shape index (κ2) is 5.96. The van der Waals surface area contributed by atoms with Gasteiger partial charge in [-0.2, -0.15) is 0 Å². The minimum Gasteiger partial charge on any atom is -0.313 e. The maximum atomic E-state index is 13.6. The summed E-state index contributed by atoms with van der Waals surface area (Å²) >= 11 is 1.05. The molecule has 0 unspecified atom stereocenters. The predicted octanol–water partition coefficient (Wildman–Crippen LogP) is 1.94. The van der Waals surface area contributed by atoms with E-state index in [2.05, 4.69) is 4.98 Å². The number of hydrogen-bond acceptors (Lipinski definition) is 3. The molecule has 0 atom stereocenters. The summed E-state index contributed by atoms with van der Waals surface area (Å²) < 4.78 is 27.1. The molecule has 116 valence electrons. The molecule has 1 heterocycles. The fourth-order valence-electron chi connectivity index (χ4n) is 1.62. The number of carbonyl (C=O) groups excluding carboxylic acids is 1. The Morgan fingerprint density at radius 1 is 1.27 bits per heavy atom. The molecule has 1 aromatic carbocycles. The molecular weight excluding hydrogens is 308 g/mol. The summed E-state index contributed by atoms with van der Waals surface area (Å²) in [5.74, 6) is -1.55. The molecule has 0 fully saturated rings. The molecule has 3 nitrogen and oxygen atoms in total. The number of H-pyrrole nitrogens is 1. The number of aromatic nitrogens is 1. The van der Waals surface area contributed by atoms with Gasteiger partial charge in [-0.05, 0) is 18.2 Å². The number of thiazole rings is 1. The lowest BCUT2D eigenvalue weighted by Gasteiger charge is -2.12. The molecule has 22 heavy (non-hydrogen) atoms. The molecule has 0 amide bonds. The highest BCUT2D eigenvalue weighted by Gasteiger charge is 2.18. The zero-order chi connectivity index (χ0) is 16.5. The smallest absolute Gasteiger partial charge is 0.266 e. The van der Waals surface area contributed by atoms with Gasteiger partial charge in [0.2, 0.25) is 0 Å². The molecule has 2 rings (SSSR count). The first-order valence-electron chi connectivity index (χ1n) is 6.59. The number of aromatic amines is 1. The summed E-state index contributed by atoms with van der Waals surface area (Å²) in [5.41, 5.74) is -0.850. The summed E-state index contributed by atoms with van der Waals surface area (Å²) in [6.07, 6.45) is 2.70. The highest BCUT2D eigenvalue weighted by Crippen LogP contribution is 2.14. The average molecular weight is 323 g/mol. The minimum atomic E-state index is -0.746. The van der Waals surface area contributed by atoms with Gasteiger partial charge >= 0.3 is 0 Å². The number of ketones is 1. The van der Waals surface area contributed by atoms with Crippen molar-refractivity contribution in [1.29, 1.82) is 0 Å². The maximum absolute atomic E-state index is 13.6. The van der Waals surface area contributed by atoms with E-state index in [4.69, 9.17) is 0 Å². The van der Waals surface area contributed by atoms with Crippen molar-refractivity contribution in [2.45, 2.75) is 20.8 Å². The lowest BCUT2D eigenvalue weighted by molar-refractivity contribution is -0.119. The number of rotatable bonds is 2. The summed E-state index contributed by atoms with van der Waals surface area (Å²) in [6, 6.07) is 3.13. The number of Topliss-reactive ketones (excluding diaryl/α,β-unsaturated/α-hetero) is 1. The van der Waals surface area contributed by atoms with Gasteiger partial charge < -0.3 is 4.98 Å². The number of nitrogens with one attached hydrogen (secondary N) is 1. The molecule has 0 radical (unpaired) electrons. The second-order valence-electron chi connectivity index (χ2n) is 5.85. The maximum Gasteiger partial charge on any atom is 0.266 e. The van der Waals surface area contributed by atoms with Crippen molar-refractivity contribution in [2.75, 3.05) is 0 Å². The Hall–Kier alpha value is -2.08. The van der Waals surface area contributed by atoms with Crippen LogP contribution in [0.5, 0.6) is 0 Å². The van der Waals surface area contributed by atoms with Crippen molar-refractivity contribution in [2.24, 2.45) is 5.41 Å². The lowest BCUT2D eigenvalue weighted by Crippen LogP contribution is -2.22. The van der Waals surface area contributed by atoms with Crippen LogP contribution in [0.2, 0.25) is 0 Å². The van der Waals surface area contributed by atoms with Crippen LogP contribution in [0.4, 0.5) is 8.78 Å². The number of benzene rings is 1. The Morgan fingerprint density at radius 2 is 1.95 bits per heavy atom. The zero-order valence-electron chi connectivity index (χ0n) is 12.4. The van der Waals surface area contributed by atoms with Crippen molar-refractivity contribution in [1.82, 2.24) is 4.98 Å². The van der Waals surface area contributed by atoms with E-state index in [0.29, 0.717) is 4.66 Å². The van der Waals surface area contributed by atoms with Crippen LogP contribution < -0.4 is 14.8 Å². The third kappa shape index (κ3) is 3.76. The first kappa shape index (κ1) is 16.3. The topological polar surface area (TPSA) is 49.9 Å². The van der Waals surface area contributed by atoms with Crippen LogP contribution >= 0.6 is 11.3 Å². The molecule has 0 aliphatic rings. The lowest BCUT2D eigenvalue weighted by atomic mass is 9.91. The van der Waals surface area contributed by atoms with Gasteiger partial charge in [-0.3, -0.25) is 9.59 Å². The summed E-state index contributed by atoms with van der Waals surface area (Å²) in [7, 11) is 0. The highest BCUT2D eigenvalue weighted by atomic mass is 32.1. The minimum absolute atomic E-state index is 0.113. The van der Waals surface area contributed by atoms with E-state index >= 15 is 0 Å². The molecule has 0 aliphatic carbocycles. The van der Waals surface area contributed by atoms with E-state index in [1.54, 1.807) is 20.8 Å². The van der Waals surface area contributed by atoms with Crippen molar-refractivity contribution in [3.8, 4) is 0 Å². The quantitative estimate of drug-likeness (QED) is 0.918. The predicted molar refractivity (Wildman–Crippen MR) is 83.0 cm³/mol. The first-order chi connectivity index (χ1) is 10.2. The Labute approximate surface area is 129 Å². The molecule has 0 saturated carbocycles. The molecule has 0 saturated heterocycles. The second-order valence-corrected chi connectivity index (χ2v) is 6.94. The van der Waals surface area contributed by atoms with Gasteiger partial charge in [0.15, 0.2) is 5.78 Å². The highest BCUT2D eigenvalue weighted by molar-refractivity contribution is 7.07. The van der Waals surface area contributed by atoms with Gasteiger partial charge in [0, 0.05) is 23.1 Å². The van der Waals surface area contributed by atoms with Crippen LogP contribution in [0.15, 0.2) is 23.0 Å². The van der Waals surface area contributed by atoms with Crippen molar-refractivity contribution in [3.63, 3.8) is 0 Å². The third-order valence-electron chi connectivity index (χ3n) is 2.93. The van der Waals surface area contributed by atoms with Gasteiger partial charge in [-0.25, -0.2) is 8.78 Å². The number of hydrogen-bond donors (Lipinski definition) is 1. The molecule has 0 aliphatic heterocycles. The normalized spacial score (nSPS) is 13.7. The Morgan fingerprint density at radius 3 is 2.55 bits per heavy atom. The zero-order valence-corrected chi connectivity index (χ0v) is 13.2. The van der Waals surface area contributed by atoms with E-state index in [1.165, 1.54) is 18.2 Å². The van der Waals surface area contributed by atoms with Gasteiger partial charge in [-0.1, -0.05) is 20.8 Å². The van der Waals surface area contributed by atoms with Crippen LogP contribution in [0.3, 0.4) is 0 Å². The summed E-state index contributed by atoms with van der Waals surface area (Å²) in [4.78, 5) is 26.3. The fourth-order valence-corrected chi connectivity index (χ4v) is 2.50. The Kier molecular flexibility index (Phi) is 4.42. The van der Waals surface area contributed by atoms with Crippen LogP contribution in [-0.2, 0) is 4.79 Å². The van der Waals surface area contributed by atoms with E-state index in [9.17, 15) is 18.4 Å². The third-order valence-corrected chi connectivity index (χ3v) is 3.89. The summed E-state index contributed by atoms with van der Waals surface area (Å²) in [5, 5.41) is 0. The first-order valence-corrected chi connectivity index (χ1v) is 7.40. The van der Waals surface area contributed by atoms with Gasteiger partial charge in [-0.15, -0.1) is 11.3 Å². The molecule has 0 spiro atoms. The standard InChI is InChI=1S/C16H15F2NO2S/c1-16(2,3)13(20)8-14-19-15(21)12(22-14)6-9-4-5-10(17)7-11(9)18/h4-8H,1-3H3,(H,19,21)/b12-6-,14-8+. The van der Waals surface area contributed by atoms with Crippen LogP contribution in [-0.4, -0.2) is 10.8 Å². The molecule has 1 N–H and O–H groups in total. The van der Waals surface area contributed by atoms with E-state index in [1.807, 2.05) is 0 Å². The monoisotopic (exact) mass is 323 g/mol. The van der Waals surface area contributed by atoms with Gasteiger partial charge in [0.1, 0.15) is 11.6 Å². The largest absolute Gasteiger partial charge is 0.313 e. The van der Waals surface area contributed by atoms with E-state index in [0.717, 1.165) is 23.5 Å². The molecule has 0 bridgehead atoms. The SMILES string of the molecule is CC(C)(C)C(=O)/C=c1\[nH]c(=O)/c(=C/c2ccc(F)cc2F)s1. The number of halogens is 2. The van der Waals surface area contributed by atoms with Crippen LogP contribution in [0.25, 0.3) is 12.2 Å². The number of carbonyl (C=O) groups is 1. The van der Waals surface area contributed by atoms with Gasteiger partial charge in [0.25, 0.3) is 5.56 Å².